The molecule has 0 N–H and O–H groups in total. The Morgan fingerprint density at radius 2 is 1.31 bits per heavy atom. The fourth-order valence-electron chi connectivity index (χ4n) is 1.70. The van der Waals surface area contributed by atoms with E-state index in [1.165, 1.54) is 0 Å². The van der Waals surface area contributed by atoms with Gasteiger partial charge in [0.25, 0.3) is 0 Å². The number of aromatic nitrogens is 2. The summed E-state index contributed by atoms with van der Waals surface area (Å²) in [5, 5.41) is 0. The molecule has 0 amide bonds. The standard InChI is InChI=1S/C15H12F6N2O2S/c16-14(17,18)7-24-12-11(26-6-10-4-2-1-3-5-10)13(23-9-22-12)25-8-15(19,20)21/h1-5,9H,6-8H2. The predicted molar refractivity (Wildman–Crippen MR) is 81.1 cm³/mol. The first kappa shape index (κ1) is 20.1. The molecular formula is C15H12F6N2O2S. The average Bonchev–Trinajstić information content (AvgIpc) is 2.56. The van der Waals surface area contributed by atoms with E-state index in [1.807, 2.05) is 0 Å². The van der Waals surface area contributed by atoms with Crippen molar-refractivity contribution in [3.63, 3.8) is 0 Å². The van der Waals surface area contributed by atoms with Crippen molar-refractivity contribution in [3.05, 3.63) is 42.2 Å². The highest BCUT2D eigenvalue weighted by Gasteiger charge is 2.31. The maximum absolute atomic E-state index is 12.4. The van der Waals surface area contributed by atoms with Crippen LogP contribution in [0.2, 0.25) is 0 Å². The summed E-state index contributed by atoms with van der Waals surface area (Å²) in [5.74, 6) is -0.732. The topological polar surface area (TPSA) is 44.2 Å². The van der Waals surface area contributed by atoms with E-state index in [2.05, 4.69) is 19.4 Å². The molecule has 0 aliphatic rings. The summed E-state index contributed by atoms with van der Waals surface area (Å²) in [6.45, 7) is -3.27. The van der Waals surface area contributed by atoms with Gasteiger partial charge in [-0.25, -0.2) is 9.97 Å². The second kappa shape index (κ2) is 8.47. The van der Waals surface area contributed by atoms with E-state index in [-0.39, 0.29) is 10.6 Å². The fraction of sp³-hybridized carbons (Fsp3) is 0.333. The van der Waals surface area contributed by atoms with Gasteiger partial charge in [-0.3, -0.25) is 0 Å². The lowest BCUT2D eigenvalue weighted by Gasteiger charge is -2.15. The zero-order chi connectivity index (χ0) is 19.2. The smallest absolute Gasteiger partial charge is 0.422 e. The monoisotopic (exact) mass is 398 g/mol. The molecule has 0 aliphatic heterocycles. The molecule has 0 spiro atoms. The maximum atomic E-state index is 12.4. The zero-order valence-electron chi connectivity index (χ0n) is 13.0. The van der Waals surface area contributed by atoms with Gasteiger partial charge in [-0.2, -0.15) is 26.3 Å². The quantitative estimate of drug-likeness (QED) is 0.502. The molecule has 2 aromatic rings. The Morgan fingerprint density at radius 1 is 0.808 bits per heavy atom. The van der Waals surface area contributed by atoms with Crippen LogP contribution in [0.1, 0.15) is 5.56 Å². The molecule has 0 saturated heterocycles. The Balaban J connectivity index is 2.22. The number of nitrogens with zero attached hydrogens (tertiary/aromatic N) is 2. The Bertz CT molecular complexity index is 673. The van der Waals surface area contributed by atoms with Crippen LogP contribution < -0.4 is 9.47 Å². The van der Waals surface area contributed by atoms with Crippen molar-refractivity contribution in [2.45, 2.75) is 23.0 Å². The van der Waals surface area contributed by atoms with Crippen molar-refractivity contribution in [1.29, 1.82) is 0 Å². The molecule has 1 heterocycles. The normalized spacial score (nSPS) is 12.1. The minimum Gasteiger partial charge on any atom is -0.467 e. The highest BCUT2D eigenvalue weighted by Crippen LogP contribution is 2.37. The van der Waals surface area contributed by atoms with Gasteiger partial charge in [-0.05, 0) is 5.56 Å². The maximum Gasteiger partial charge on any atom is 0.422 e. The second-order valence-electron chi connectivity index (χ2n) is 4.90. The van der Waals surface area contributed by atoms with Crippen LogP contribution in [-0.2, 0) is 5.75 Å². The third-order valence-corrected chi connectivity index (χ3v) is 3.83. The molecule has 2 rings (SSSR count). The highest BCUT2D eigenvalue weighted by molar-refractivity contribution is 7.98. The van der Waals surface area contributed by atoms with Crippen LogP contribution in [0.4, 0.5) is 26.3 Å². The van der Waals surface area contributed by atoms with E-state index in [4.69, 9.17) is 0 Å². The lowest BCUT2D eigenvalue weighted by molar-refractivity contribution is -0.155. The molecule has 142 valence electrons. The van der Waals surface area contributed by atoms with Gasteiger partial charge < -0.3 is 9.47 Å². The zero-order valence-corrected chi connectivity index (χ0v) is 13.8. The van der Waals surface area contributed by atoms with Gasteiger partial charge in [0.05, 0.1) is 0 Å². The van der Waals surface area contributed by atoms with Crippen molar-refractivity contribution in [1.82, 2.24) is 9.97 Å². The summed E-state index contributed by atoms with van der Waals surface area (Å²) < 4.78 is 83.4. The van der Waals surface area contributed by atoms with Crippen molar-refractivity contribution in [3.8, 4) is 11.8 Å². The Morgan fingerprint density at radius 3 is 1.77 bits per heavy atom. The number of hydrogen-bond donors (Lipinski definition) is 0. The lowest BCUT2D eigenvalue weighted by atomic mass is 10.2. The van der Waals surface area contributed by atoms with Crippen molar-refractivity contribution < 1.29 is 35.8 Å². The molecule has 0 fully saturated rings. The molecule has 26 heavy (non-hydrogen) atoms. The van der Waals surface area contributed by atoms with E-state index in [0.29, 0.717) is 0 Å². The molecule has 1 aromatic heterocycles. The molecule has 0 unspecified atom stereocenters. The van der Waals surface area contributed by atoms with Crippen LogP contribution in [0, 0.1) is 0 Å². The highest BCUT2D eigenvalue weighted by atomic mass is 32.2. The van der Waals surface area contributed by atoms with E-state index in [1.54, 1.807) is 30.3 Å². The van der Waals surface area contributed by atoms with Crippen LogP contribution in [0.5, 0.6) is 11.8 Å². The van der Waals surface area contributed by atoms with Crippen molar-refractivity contribution >= 4 is 11.8 Å². The largest absolute Gasteiger partial charge is 0.467 e. The third-order valence-electron chi connectivity index (χ3n) is 2.71. The van der Waals surface area contributed by atoms with E-state index < -0.39 is 37.3 Å². The number of thioether (sulfide) groups is 1. The van der Waals surface area contributed by atoms with Crippen molar-refractivity contribution in [2.24, 2.45) is 0 Å². The number of halogens is 6. The molecule has 0 atom stereocenters. The minimum absolute atomic E-state index is 0.134. The van der Waals surface area contributed by atoms with Crippen LogP contribution in [0.25, 0.3) is 0 Å². The number of hydrogen-bond acceptors (Lipinski definition) is 5. The van der Waals surface area contributed by atoms with E-state index in [0.717, 1.165) is 23.7 Å². The van der Waals surface area contributed by atoms with Crippen LogP contribution in [0.15, 0.2) is 41.6 Å². The summed E-state index contributed by atoms with van der Waals surface area (Å²) in [6.07, 6.45) is -8.47. The summed E-state index contributed by atoms with van der Waals surface area (Å²) >= 11 is 0.918. The second-order valence-corrected chi connectivity index (χ2v) is 5.88. The predicted octanol–water partition coefficient (Wildman–Crippen LogP) is 4.65. The molecule has 0 aliphatic carbocycles. The Labute approximate surface area is 148 Å². The Hall–Kier alpha value is -2.17. The van der Waals surface area contributed by atoms with Crippen molar-refractivity contribution in [2.75, 3.05) is 13.2 Å². The molecule has 4 nitrogen and oxygen atoms in total. The molecule has 0 bridgehead atoms. The summed E-state index contributed by atoms with van der Waals surface area (Å²) in [5.41, 5.74) is 0.796. The first-order valence-electron chi connectivity index (χ1n) is 7.05. The van der Waals surface area contributed by atoms with Gasteiger partial charge >= 0.3 is 12.4 Å². The summed E-state index contributed by atoms with van der Waals surface area (Å²) in [6, 6.07) is 8.78. The summed E-state index contributed by atoms with van der Waals surface area (Å²) in [7, 11) is 0. The number of rotatable bonds is 7. The van der Waals surface area contributed by atoms with Crippen LogP contribution >= 0.6 is 11.8 Å². The first-order chi connectivity index (χ1) is 12.1. The number of alkyl halides is 6. The van der Waals surface area contributed by atoms with Crippen LogP contribution in [0.3, 0.4) is 0 Å². The van der Waals surface area contributed by atoms with Gasteiger partial charge in [0.15, 0.2) is 13.2 Å². The third kappa shape index (κ3) is 6.98. The average molecular weight is 398 g/mol. The van der Waals surface area contributed by atoms with Gasteiger partial charge in [-0.1, -0.05) is 30.3 Å². The van der Waals surface area contributed by atoms with Gasteiger partial charge in [0, 0.05) is 5.75 Å². The van der Waals surface area contributed by atoms with Gasteiger partial charge in [-0.15, -0.1) is 11.8 Å². The first-order valence-corrected chi connectivity index (χ1v) is 8.03. The SMILES string of the molecule is FC(F)(F)COc1ncnc(OCC(F)(F)F)c1SCc1ccccc1. The number of ether oxygens (including phenoxy) is 2. The summed E-state index contributed by atoms with van der Waals surface area (Å²) in [4.78, 5) is 7.03. The van der Waals surface area contributed by atoms with E-state index in [9.17, 15) is 26.3 Å². The molecule has 0 radical (unpaired) electrons. The van der Waals surface area contributed by atoms with Gasteiger partial charge in [0.1, 0.15) is 11.2 Å². The van der Waals surface area contributed by atoms with Crippen LogP contribution in [-0.4, -0.2) is 35.5 Å². The Kier molecular flexibility index (Phi) is 6.57. The van der Waals surface area contributed by atoms with E-state index >= 15 is 0 Å². The molecular weight excluding hydrogens is 386 g/mol. The minimum atomic E-state index is -4.63. The van der Waals surface area contributed by atoms with Gasteiger partial charge in [0.2, 0.25) is 11.8 Å². The molecule has 0 saturated carbocycles. The molecule has 1 aromatic carbocycles. The fourth-order valence-corrected chi connectivity index (χ4v) is 2.68. The lowest BCUT2D eigenvalue weighted by Crippen LogP contribution is -2.21. The number of benzene rings is 1. The molecule has 11 heteroatoms.